The lowest BCUT2D eigenvalue weighted by Gasteiger charge is -2.06. The van der Waals surface area contributed by atoms with Gasteiger partial charge in [-0.3, -0.25) is 4.98 Å². The van der Waals surface area contributed by atoms with Crippen LogP contribution in [-0.4, -0.2) is 16.1 Å². The van der Waals surface area contributed by atoms with Crippen molar-refractivity contribution < 1.29 is 9.90 Å². The van der Waals surface area contributed by atoms with E-state index < -0.39 is 5.97 Å². The fourth-order valence-electron chi connectivity index (χ4n) is 1.46. The maximum atomic E-state index is 11.0. The molecule has 0 aliphatic rings. The topological polar surface area (TPSA) is 50.2 Å². The molecule has 1 aromatic carbocycles. The third-order valence-electron chi connectivity index (χ3n) is 2.37. The van der Waals surface area contributed by atoms with Crippen LogP contribution in [0, 0.1) is 0 Å². The molecule has 0 fully saturated rings. The predicted molar refractivity (Wildman–Crippen MR) is 76.7 cm³/mol. The van der Waals surface area contributed by atoms with Crippen LogP contribution in [0.25, 0.3) is 11.3 Å². The fourth-order valence-corrected chi connectivity index (χ4v) is 2.24. The molecule has 0 aliphatic heterocycles. The number of carbonyl (C=O) groups is 1. The Bertz CT molecular complexity index is 650. The number of pyridine rings is 1. The molecule has 0 unspecified atom stereocenters. The molecule has 3 nitrogen and oxygen atoms in total. The van der Waals surface area contributed by atoms with Crippen molar-refractivity contribution in [3.63, 3.8) is 0 Å². The molecule has 98 valence electrons. The Balaban J connectivity index is 2.60. The van der Waals surface area contributed by atoms with Gasteiger partial charge in [0.1, 0.15) is 0 Å². The fraction of sp³-hybridized carbons (Fsp3) is 0. The summed E-state index contributed by atoms with van der Waals surface area (Å²) >= 11 is 23.4. The summed E-state index contributed by atoms with van der Waals surface area (Å²) in [6.45, 7) is 0. The van der Waals surface area contributed by atoms with Crippen molar-refractivity contribution in [3.8, 4) is 11.3 Å². The first-order valence-corrected chi connectivity index (χ1v) is 6.45. The second-order valence-electron chi connectivity index (χ2n) is 3.61. The van der Waals surface area contributed by atoms with Crippen molar-refractivity contribution in [1.29, 1.82) is 0 Å². The maximum Gasteiger partial charge on any atom is 0.337 e. The molecule has 19 heavy (non-hydrogen) atoms. The highest BCUT2D eigenvalue weighted by Gasteiger charge is 2.13. The number of hydrogen-bond acceptors (Lipinski definition) is 2. The lowest BCUT2D eigenvalue weighted by atomic mass is 10.1. The minimum Gasteiger partial charge on any atom is -0.478 e. The molecular formula is C12H5Cl4NO2. The average Bonchev–Trinajstić information content (AvgIpc) is 2.35. The van der Waals surface area contributed by atoms with E-state index in [4.69, 9.17) is 51.5 Å². The Morgan fingerprint density at radius 1 is 1.00 bits per heavy atom. The van der Waals surface area contributed by atoms with Crippen molar-refractivity contribution in [2.75, 3.05) is 0 Å². The molecule has 1 heterocycles. The van der Waals surface area contributed by atoms with E-state index in [9.17, 15) is 4.79 Å². The van der Waals surface area contributed by atoms with Gasteiger partial charge >= 0.3 is 5.97 Å². The molecule has 0 radical (unpaired) electrons. The summed E-state index contributed by atoms with van der Waals surface area (Å²) in [5, 5.41) is 9.82. The molecule has 2 aromatic rings. The molecule has 7 heteroatoms. The zero-order chi connectivity index (χ0) is 14.2. The maximum absolute atomic E-state index is 11.0. The number of aromatic carboxylic acids is 1. The highest BCUT2D eigenvalue weighted by molar-refractivity contribution is 6.48. The number of halogens is 4. The third kappa shape index (κ3) is 2.95. The van der Waals surface area contributed by atoms with Gasteiger partial charge in [0.15, 0.2) is 0 Å². The number of carboxylic acids is 1. The van der Waals surface area contributed by atoms with E-state index in [2.05, 4.69) is 4.98 Å². The second-order valence-corrected chi connectivity index (χ2v) is 5.21. The molecule has 1 aromatic heterocycles. The molecule has 0 saturated heterocycles. The molecule has 0 saturated carbocycles. The normalized spacial score (nSPS) is 10.5. The van der Waals surface area contributed by atoms with Gasteiger partial charge in [0.2, 0.25) is 0 Å². The van der Waals surface area contributed by atoms with Gasteiger partial charge in [0.25, 0.3) is 0 Å². The van der Waals surface area contributed by atoms with Gasteiger partial charge in [-0.2, -0.15) is 0 Å². The molecule has 0 bridgehead atoms. The Morgan fingerprint density at radius 2 is 1.58 bits per heavy atom. The summed E-state index contributed by atoms with van der Waals surface area (Å²) in [5.74, 6) is -1.14. The van der Waals surface area contributed by atoms with Crippen molar-refractivity contribution >= 4 is 52.4 Å². The van der Waals surface area contributed by atoms with Gasteiger partial charge in [-0.15, -0.1) is 0 Å². The summed E-state index contributed by atoms with van der Waals surface area (Å²) < 4.78 is 0. The Labute approximate surface area is 128 Å². The van der Waals surface area contributed by atoms with E-state index in [1.807, 2.05) is 0 Å². The van der Waals surface area contributed by atoms with Crippen LogP contribution in [0.4, 0.5) is 0 Å². The van der Waals surface area contributed by atoms with Crippen LogP contribution in [0.15, 0.2) is 24.4 Å². The van der Waals surface area contributed by atoms with Crippen LogP contribution < -0.4 is 0 Å². The first kappa shape index (κ1) is 14.4. The van der Waals surface area contributed by atoms with Gasteiger partial charge < -0.3 is 5.11 Å². The minimum atomic E-state index is -1.14. The van der Waals surface area contributed by atoms with Gasteiger partial charge in [-0.05, 0) is 18.2 Å². The van der Waals surface area contributed by atoms with Crippen LogP contribution in [0.5, 0.6) is 0 Å². The van der Waals surface area contributed by atoms with Crippen LogP contribution in [-0.2, 0) is 0 Å². The molecular weight excluding hydrogens is 332 g/mol. The van der Waals surface area contributed by atoms with Crippen molar-refractivity contribution in [3.05, 3.63) is 50.0 Å². The summed E-state index contributed by atoms with van der Waals surface area (Å²) in [7, 11) is 0. The van der Waals surface area contributed by atoms with E-state index in [1.54, 1.807) is 12.1 Å². The Hall–Kier alpha value is -1.00. The van der Waals surface area contributed by atoms with Crippen LogP contribution >= 0.6 is 46.4 Å². The van der Waals surface area contributed by atoms with E-state index in [1.165, 1.54) is 12.3 Å². The highest BCUT2D eigenvalue weighted by atomic mass is 35.5. The van der Waals surface area contributed by atoms with E-state index >= 15 is 0 Å². The summed E-state index contributed by atoms with van der Waals surface area (Å²) in [6, 6.07) is 4.45. The van der Waals surface area contributed by atoms with Crippen molar-refractivity contribution in [1.82, 2.24) is 4.98 Å². The summed E-state index contributed by atoms with van der Waals surface area (Å²) in [4.78, 5) is 15.1. The Kier molecular flexibility index (Phi) is 4.21. The predicted octanol–water partition coefficient (Wildman–Crippen LogP) is 5.06. The van der Waals surface area contributed by atoms with Crippen LogP contribution in [0.3, 0.4) is 0 Å². The average molecular weight is 337 g/mol. The van der Waals surface area contributed by atoms with E-state index in [0.29, 0.717) is 11.3 Å². The van der Waals surface area contributed by atoms with Gasteiger partial charge in [0.05, 0.1) is 31.3 Å². The van der Waals surface area contributed by atoms with Crippen LogP contribution in [0.1, 0.15) is 10.4 Å². The SMILES string of the molecule is O=C(O)c1cc(-c2cc(Cl)c(Cl)c(Cl)c2)ncc1Cl. The molecule has 0 atom stereocenters. The third-order valence-corrected chi connectivity index (χ3v) is 3.86. The van der Waals surface area contributed by atoms with Gasteiger partial charge in [0, 0.05) is 11.8 Å². The first-order chi connectivity index (χ1) is 8.90. The molecule has 0 amide bonds. The first-order valence-electron chi connectivity index (χ1n) is 4.94. The van der Waals surface area contributed by atoms with Crippen molar-refractivity contribution in [2.24, 2.45) is 0 Å². The van der Waals surface area contributed by atoms with Crippen LogP contribution in [0.2, 0.25) is 20.1 Å². The van der Waals surface area contributed by atoms with Crippen molar-refractivity contribution in [2.45, 2.75) is 0 Å². The minimum absolute atomic E-state index is 0.0474. The number of carboxylic acid groups (broad SMARTS) is 1. The van der Waals surface area contributed by atoms with E-state index in [-0.39, 0.29) is 25.7 Å². The van der Waals surface area contributed by atoms with Gasteiger partial charge in [-0.25, -0.2) is 4.79 Å². The highest BCUT2D eigenvalue weighted by Crippen LogP contribution is 2.35. The molecule has 0 aliphatic carbocycles. The summed E-state index contributed by atoms with van der Waals surface area (Å²) in [6.07, 6.45) is 1.26. The lowest BCUT2D eigenvalue weighted by molar-refractivity contribution is 0.0697. The van der Waals surface area contributed by atoms with Gasteiger partial charge in [-0.1, -0.05) is 46.4 Å². The zero-order valence-corrected chi connectivity index (χ0v) is 12.1. The standard InChI is InChI=1S/C12H5Cl4NO2/c13-7-1-5(2-8(14)11(7)16)10-3-6(12(18)19)9(15)4-17-10/h1-4H,(H,18,19). The molecule has 2 rings (SSSR count). The quantitative estimate of drug-likeness (QED) is 0.780. The largest absolute Gasteiger partial charge is 0.478 e. The monoisotopic (exact) mass is 335 g/mol. The molecule has 0 spiro atoms. The second kappa shape index (κ2) is 5.55. The lowest BCUT2D eigenvalue weighted by Crippen LogP contribution is -1.99. The Morgan fingerprint density at radius 3 is 2.11 bits per heavy atom. The van der Waals surface area contributed by atoms with E-state index in [0.717, 1.165) is 0 Å². The molecule has 1 N–H and O–H groups in total. The summed E-state index contributed by atoms with van der Waals surface area (Å²) in [5.41, 5.74) is 0.898. The number of benzene rings is 1. The number of rotatable bonds is 2. The zero-order valence-electron chi connectivity index (χ0n) is 9.12. The smallest absolute Gasteiger partial charge is 0.337 e. The number of aromatic nitrogens is 1. The number of nitrogens with zero attached hydrogens (tertiary/aromatic N) is 1. The number of hydrogen-bond donors (Lipinski definition) is 1.